The number of imidazole rings is 1. The Morgan fingerprint density at radius 3 is 2.62 bits per heavy atom. The van der Waals surface area contributed by atoms with Crippen molar-refractivity contribution < 1.29 is 13.2 Å². The van der Waals surface area contributed by atoms with Gasteiger partial charge in [0.1, 0.15) is 5.82 Å². The number of hydrogen-bond donors (Lipinski definition) is 1. The molecular formula is C17H16F3N5O. The van der Waals surface area contributed by atoms with Gasteiger partial charge >= 0.3 is 11.9 Å². The number of rotatable bonds is 3. The first-order valence-electron chi connectivity index (χ1n) is 8.23. The Morgan fingerprint density at radius 2 is 2.04 bits per heavy atom. The second-order valence-corrected chi connectivity index (χ2v) is 6.33. The summed E-state index contributed by atoms with van der Waals surface area (Å²) in [6, 6.07) is 2.88. The molecule has 0 amide bonds. The molecule has 0 radical (unpaired) electrons. The summed E-state index contributed by atoms with van der Waals surface area (Å²) >= 11 is 0. The highest BCUT2D eigenvalue weighted by atomic mass is 19.4. The van der Waals surface area contributed by atoms with Crippen LogP contribution in [0.1, 0.15) is 30.6 Å². The lowest BCUT2D eigenvalue weighted by Crippen LogP contribution is -2.40. The lowest BCUT2D eigenvalue weighted by Gasteiger charge is -2.33. The van der Waals surface area contributed by atoms with Crippen LogP contribution in [0.3, 0.4) is 0 Å². The molecule has 0 aliphatic carbocycles. The van der Waals surface area contributed by atoms with E-state index in [-0.39, 0.29) is 5.52 Å². The molecular weight excluding hydrogens is 347 g/mol. The number of fused-ring (bicyclic) bond motifs is 1. The minimum atomic E-state index is -4.50. The molecule has 3 aromatic rings. The smallest absolute Gasteiger partial charge is 0.356 e. The Hall–Kier alpha value is -2.84. The number of benzene rings is 1. The molecule has 9 heteroatoms. The van der Waals surface area contributed by atoms with Crippen LogP contribution in [0, 0.1) is 0 Å². The van der Waals surface area contributed by atoms with Crippen LogP contribution in [0.15, 0.2) is 35.5 Å². The highest BCUT2D eigenvalue weighted by Crippen LogP contribution is 2.35. The van der Waals surface area contributed by atoms with Gasteiger partial charge in [-0.15, -0.1) is 0 Å². The Bertz CT molecular complexity index is 1010. The van der Waals surface area contributed by atoms with Crippen molar-refractivity contribution in [2.24, 2.45) is 0 Å². The molecule has 1 fully saturated rings. The van der Waals surface area contributed by atoms with Gasteiger partial charge in [-0.3, -0.25) is 4.57 Å². The maximum absolute atomic E-state index is 13.2. The molecule has 1 saturated heterocycles. The van der Waals surface area contributed by atoms with Gasteiger partial charge in [-0.2, -0.15) is 18.2 Å². The molecule has 0 unspecified atom stereocenters. The lowest BCUT2D eigenvalue weighted by atomic mass is 10.1. The molecule has 136 valence electrons. The van der Waals surface area contributed by atoms with E-state index in [4.69, 9.17) is 0 Å². The zero-order valence-electron chi connectivity index (χ0n) is 13.9. The molecule has 6 nitrogen and oxygen atoms in total. The van der Waals surface area contributed by atoms with Gasteiger partial charge in [0.25, 0.3) is 0 Å². The number of H-pyrrole nitrogens is 1. The highest BCUT2D eigenvalue weighted by Gasteiger charge is 2.32. The molecule has 4 rings (SSSR count). The first-order valence-corrected chi connectivity index (χ1v) is 8.23. The normalized spacial score (nSPS) is 15.9. The SMILES string of the molecule is C[C@H](c1c[nH]cn1)n1c(=O)nc(N2CCC2)c2ccc(C(F)(F)F)cc21. The van der Waals surface area contributed by atoms with Crippen LogP contribution in [-0.4, -0.2) is 32.6 Å². The number of nitrogens with one attached hydrogen (secondary N) is 1. The Labute approximate surface area is 146 Å². The van der Waals surface area contributed by atoms with Crippen LogP contribution in [0.4, 0.5) is 19.0 Å². The molecule has 2 aromatic heterocycles. The monoisotopic (exact) mass is 363 g/mol. The predicted molar refractivity (Wildman–Crippen MR) is 90.2 cm³/mol. The fourth-order valence-electron chi connectivity index (χ4n) is 3.18. The average molecular weight is 363 g/mol. The zero-order valence-corrected chi connectivity index (χ0v) is 13.9. The predicted octanol–water partition coefficient (Wildman–Crippen LogP) is 2.96. The number of aromatic nitrogens is 4. The van der Waals surface area contributed by atoms with Crippen molar-refractivity contribution in [3.05, 3.63) is 52.5 Å². The number of nitrogens with zero attached hydrogens (tertiary/aromatic N) is 4. The van der Waals surface area contributed by atoms with E-state index in [0.717, 1.165) is 31.6 Å². The Morgan fingerprint density at radius 1 is 1.27 bits per heavy atom. The molecule has 0 bridgehead atoms. The summed E-state index contributed by atoms with van der Waals surface area (Å²) in [7, 11) is 0. The number of halogens is 3. The van der Waals surface area contributed by atoms with Gasteiger partial charge in [0.05, 0.1) is 29.1 Å². The van der Waals surface area contributed by atoms with Crippen LogP contribution in [0.2, 0.25) is 0 Å². The first-order chi connectivity index (χ1) is 12.4. The van der Waals surface area contributed by atoms with Gasteiger partial charge in [-0.1, -0.05) is 0 Å². The number of hydrogen-bond acceptors (Lipinski definition) is 4. The summed E-state index contributed by atoms with van der Waals surface area (Å²) < 4.78 is 41.0. The largest absolute Gasteiger partial charge is 0.416 e. The maximum Gasteiger partial charge on any atom is 0.416 e. The third-order valence-corrected chi connectivity index (χ3v) is 4.72. The van der Waals surface area contributed by atoms with Crippen LogP contribution >= 0.6 is 0 Å². The standard InChI is InChI=1S/C17H16F3N5O/c1-10(13-8-21-9-22-13)25-14-7-11(17(18,19)20)3-4-12(14)15(23-16(25)26)24-5-2-6-24/h3-4,7-10H,2,5-6H2,1H3,(H,21,22)/t10-/m1/s1. The molecule has 1 aliphatic heterocycles. The van der Waals surface area contributed by atoms with Crippen LogP contribution in [0.25, 0.3) is 10.9 Å². The van der Waals surface area contributed by atoms with Gasteiger partial charge in [0.2, 0.25) is 0 Å². The molecule has 3 heterocycles. The molecule has 0 spiro atoms. The van der Waals surface area contributed by atoms with E-state index in [0.29, 0.717) is 16.9 Å². The second-order valence-electron chi connectivity index (χ2n) is 6.33. The third kappa shape index (κ3) is 2.63. The van der Waals surface area contributed by atoms with E-state index in [1.807, 2.05) is 4.90 Å². The molecule has 26 heavy (non-hydrogen) atoms. The zero-order chi connectivity index (χ0) is 18.5. The summed E-state index contributed by atoms with van der Waals surface area (Å²) in [5, 5.41) is 0.527. The van der Waals surface area contributed by atoms with E-state index < -0.39 is 23.5 Å². The summed E-state index contributed by atoms with van der Waals surface area (Å²) in [5.41, 5.74) is -0.635. The molecule has 1 aliphatic rings. The average Bonchev–Trinajstić information content (AvgIpc) is 3.06. The van der Waals surface area contributed by atoms with Gasteiger partial charge in [-0.25, -0.2) is 9.78 Å². The molecule has 0 saturated carbocycles. The van der Waals surface area contributed by atoms with Crippen LogP contribution < -0.4 is 10.6 Å². The summed E-state index contributed by atoms with van der Waals surface area (Å²) in [6.45, 7) is 3.19. The van der Waals surface area contributed by atoms with E-state index in [9.17, 15) is 18.0 Å². The topological polar surface area (TPSA) is 66.8 Å². The van der Waals surface area contributed by atoms with Crippen molar-refractivity contribution in [3.8, 4) is 0 Å². The van der Waals surface area contributed by atoms with E-state index >= 15 is 0 Å². The minimum absolute atomic E-state index is 0.206. The van der Waals surface area contributed by atoms with Crippen molar-refractivity contribution in [2.45, 2.75) is 25.6 Å². The molecule has 1 atom stereocenters. The van der Waals surface area contributed by atoms with Gasteiger partial charge in [0, 0.05) is 24.7 Å². The summed E-state index contributed by atoms with van der Waals surface area (Å²) in [6.07, 6.45) is -0.455. The van der Waals surface area contributed by atoms with Crippen LogP contribution in [-0.2, 0) is 6.18 Å². The van der Waals surface area contributed by atoms with Crippen molar-refractivity contribution >= 4 is 16.7 Å². The van der Waals surface area contributed by atoms with Crippen molar-refractivity contribution in [3.63, 3.8) is 0 Å². The Kier molecular flexibility index (Phi) is 3.74. The third-order valence-electron chi connectivity index (χ3n) is 4.72. The first kappa shape index (κ1) is 16.6. The highest BCUT2D eigenvalue weighted by molar-refractivity contribution is 5.90. The minimum Gasteiger partial charge on any atom is -0.356 e. The quantitative estimate of drug-likeness (QED) is 0.777. The van der Waals surface area contributed by atoms with E-state index in [1.165, 1.54) is 17.0 Å². The number of alkyl halides is 3. The second kappa shape index (κ2) is 5.86. The van der Waals surface area contributed by atoms with Crippen molar-refractivity contribution in [1.82, 2.24) is 19.5 Å². The van der Waals surface area contributed by atoms with Gasteiger partial charge < -0.3 is 9.88 Å². The van der Waals surface area contributed by atoms with E-state index in [2.05, 4.69) is 15.0 Å². The van der Waals surface area contributed by atoms with E-state index in [1.54, 1.807) is 13.1 Å². The van der Waals surface area contributed by atoms with Gasteiger partial charge in [-0.05, 0) is 31.5 Å². The Balaban J connectivity index is 2.00. The fourth-order valence-corrected chi connectivity index (χ4v) is 3.18. The molecule has 1 aromatic carbocycles. The van der Waals surface area contributed by atoms with Crippen molar-refractivity contribution in [2.75, 3.05) is 18.0 Å². The fraction of sp³-hybridized carbons (Fsp3) is 0.353. The summed E-state index contributed by atoms with van der Waals surface area (Å²) in [4.78, 5) is 25.7. The molecule has 1 N–H and O–H groups in total. The van der Waals surface area contributed by atoms with Crippen molar-refractivity contribution in [1.29, 1.82) is 0 Å². The maximum atomic E-state index is 13.2. The number of anilines is 1. The number of aromatic amines is 1. The van der Waals surface area contributed by atoms with Gasteiger partial charge in [0.15, 0.2) is 0 Å². The van der Waals surface area contributed by atoms with Crippen LogP contribution in [0.5, 0.6) is 0 Å². The lowest BCUT2D eigenvalue weighted by molar-refractivity contribution is -0.137. The summed E-state index contributed by atoms with van der Waals surface area (Å²) in [5.74, 6) is 0.440.